The van der Waals surface area contributed by atoms with E-state index in [2.05, 4.69) is 49.8 Å². The van der Waals surface area contributed by atoms with Gasteiger partial charge in [0.05, 0.1) is 11.6 Å². The van der Waals surface area contributed by atoms with Crippen LogP contribution in [-0.4, -0.2) is 16.4 Å². The lowest BCUT2D eigenvalue weighted by Gasteiger charge is -2.36. The van der Waals surface area contributed by atoms with Crippen molar-refractivity contribution in [2.45, 2.75) is 39.2 Å². The van der Waals surface area contributed by atoms with Crippen LogP contribution in [0.15, 0.2) is 48.7 Å². The second-order valence-electron chi connectivity index (χ2n) is 7.36. The third-order valence-electron chi connectivity index (χ3n) is 5.24. The van der Waals surface area contributed by atoms with Crippen LogP contribution in [0.5, 0.6) is 0 Å². The van der Waals surface area contributed by atoms with Crippen LogP contribution in [-0.2, 0) is 4.79 Å². The average Bonchev–Trinajstić information content (AvgIpc) is 2.70. The second kappa shape index (κ2) is 5.79. The Kier molecular flexibility index (Phi) is 3.93. The molecule has 1 aliphatic heterocycles. The molecule has 0 saturated carbocycles. The fourth-order valence-electron chi connectivity index (χ4n) is 3.05. The average molecular weight is 318 g/mol. The molecule has 2 aromatic rings. The molecule has 1 aromatic carbocycles. The van der Waals surface area contributed by atoms with Gasteiger partial charge in [0.1, 0.15) is 0 Å². The summed E-state index contributed by atoms with van der Waals surface area (Å²) in [6.07, 6.45) is 1.75. The van der Waals surface area contributed by atoms with Crippen molar-refractivity contribution in [3.8, 4) is 11.8 Å². The van der Waals surface area contributed by atoms with Crippen LogP contribution in [0.1, 0.15) is 50.4 Å². The molecular weight excluding hydrogens is 296 g/mol. The number of rotatable bonds is 1. The number of nitrogens with one attached hydrogen (secondary N) is 1. The first-order valence-corrected chi connectivity index (χ1v) is 8.16. The van der Waals surface area contributed by atoms with Gasteiger partial charge in [-0.2, -0.15) is 0 Å². The van der Waals surface area contributed by atoms with E-state index in [4.69, 9.17) is 0 Å². The summed E-state index contributed by atoms with van der Waals surface area (Å²) in [6, 6.07) is 13.7. The molecule has 0 aliphatic carbocycles. The summed E-state index contributed by atoms with van der Waals surface area (Å²) in [4.78, 5) is 16.9. The highest BCUT2D eigenvalue weighted by atomic mass is 16.2. The van der Waals surface area contributed by atoms with Gasteiger partial charge in [-0.3, -0.25) is 9.78 Å². The summed E-state index contributed by atoms with van der Waals surface area (Å²) in [5, 5.41) is 3.09. The maximum atomic E-state index is 12.4. The SMILES string of the molecule is CC1(C)NC(=O)C(c2ccc(C#Cc3ccccc3)cn2)C1(C)C. The van der Waals surface area contributed by atoms with E-state index < -0.39 is 0 Å². The molecule has 3 nitrogen and oxygen atoms in total. The number of benzene rings is 1. The number of hydrogen-bond donors (Lipinski definition) is 1. The Morgan fingerprint density at radius 1 is 0.958 bits per heavy atom. The van der Waals surface area contributed by atoms with Gasteiger partial charge < -0.3 is 5.32 Å². The first kappa shape index (κ1) is 16.3. The molecule has 0 spiro atoms. The monoisotopic (exact) mass is 318 g/mol. The molecule has 1 aromatic heterocycles. The summed E-state index contributed by atoms with van der Waals surface area (Å²) < 4.78 is 0. The molecule has 2 heterocycles. The van der Waals surface area contributed by atoms with E-state index in [1.807, 2.05) is 42.5 Å². The Bertz CT molecular complexity index is 808. The number of carbonyl (C=O) groups excluding carboxylic acids is 1. The maximum Gasteiger partial charge on any atom is 0.230 e. The lowest BCUT2D eigenvalue weighted by Crippen LogP contribution is -2.44. The van der Waals surface area contributed by atoms with E-state index in [0.717, 1.165) is 16.8 Å². The molecule has 0 radical (unpaired) electrons. The Balaban J connectivity index is 1.86. The standard InChI is InChI=1S/C21H22N2O/c1-20(2)18(19(24)23-21(20,3)4)17-13-12-16(14-22-17)11-10-15-8-6-5-7-9-15/h5-9,12-14,18H,1-4H3,(H,23,24). The highest BCUT2D eigenvalue weighted by Gasteiger charge is 2.54. The van der Waals surface area contributed by atoms with Crippen molar-refractivity contribution in [3.05, 3.63) is 65.5 Å². The third kappa shape index (κ3) is 2.80. The van der Waals surface area contributed by atoms with Gasteiger partial charge in [0.15, 0.2) is 0 Å². The molecule has 1 aliphatic rings. The van der Waals surface area contributed by atoms with Crippen LogP contribution in [0, 0.1) is 17.3 Å². The van der Waals surface area contributed by atoms with Crippen LogP contribution in [0.2, 0.25) is 0 Å². The minimum absolute atomic E-state index is 0.0422. The van der Waals surface area contributed by atoms with Crippen molar-refractivity contribution in [3.63, 3.8) is 0 Å². The molecule has 3 rings (SSSR count). The molecule has 1 atom stereocenters. The van der Waals surface area contributed by atoms with Gasteiger partial charge in [-0.25, -0.2) is 0 Å². The van der Waals surface area contributed by atoms with Crippen molar-refractivity contribution in [2.75, 3.05) is 0 Å². The molecule has 0 bridgehead atoms. The van der Waals surface area contributed by atoms with E-state index in [1.54, 1.807) is 6.20 Å². The smallest absolute Gasteiger partial charge is 0.230 e. The molecule has 1 amide bonds. The summed E-state index contributed by atoms with van der Waals surface area (Å²) in [5.74, 6) is 6.03. The van der Waals surface area contributed by atoms with Gasteiger partial charge in [-0.1, -0.05) is 43.9 Å². The number of nitrogens with zero attached hydrogens (tertiary/aromatic N) is 1. The van der Waals surface area contributed by atoms with Gasteiger partial charge >= 0.3 is 0 Å². The second-order valence-corrected chi connectivity index (χ2v) is 7.36. The highest BCUT2D eigenvalue weighted by molar-refractivity contribution is 5.88. The van der Waals surface area contributed by atoms with Crippen LogP contribution in [0.4, 0.5) is 0 Å². The summed E-state index contributed by atoms with van der Waals surface area (Å²) in [6.45, 7) is 8.34. The fraction of sp³-hybridized carbons (Fsp3) is 0.333. The van der Waals surface area contributed by atoms with E-state index in [-0.39, 0.29) is 22.8 Å². The Morgan fingerprint density at radius 2 is 1.62 bits per heavy atom. The molecule has 1 N–H and O–H groups in total. The maximum absolute atomic E-state index is 12.4. The van der Waals surface area contributed by atoms with Crippen LogP contribution in [0.25, 0.3) is 0 Å². The zero-order valence-electron chi connectivity index (χ0n) is 14.6. The van der Waals surface area contributed by atoms with E-state index in [0.29, 0.717) is 0 Å². The summed E-state index contributed by atoms with van der Waals surface area (Å²) >= 11 is 0. The normalized spacial score (nSPS) is 20.8. The molecule has 24 heavy (non-hydrogen) atoms. The zero-order valence-corrected chi connectivity index (χ0v) is 14.6. The van der Waals surface area contributed by atoms with Crippen molar-refractivity contribution < 1.29 is 4.79 Å². The quantitative estimate of drug-likeness (QED) is 0.818. The molecule has 122 valence electrons. The van der Waals surface area contributed by atoms with E-state index in [1.165, 1.54) is 0 Å². The summed E-state index contributed by atoms with van der Waals surface area (Å²) in [5.41, 5.74) is 2.14. The largest absolute Gasteiger partial charge is 0.350 e. The zero-order chi connectivity index (χ0) is 17.4. The predicted octanol–water partition coefficient (Wildman–Crippen LogP) is 3.50. The molecule has 1 saturated heterocycles. The molecule has 3 heteroatoms. The highest BCUT2D eigenvalue weighted by Crippen LogP contribution is 2.48. The van der Waals surface area contributed by atoms with Crippen LogP contribution < -0.4 is 5.32 Å². The number of amides is 1. The van der Waals surface area contributed by atoms with Gasteiger partial charge in [0.2, 0.25) is 5.91 Å². The number of aromatic nitrogens is 1. The van der Waals surface area contributed by atoms with Gasteiger partial charge in [0, 0.05) is 28.3 Å². The van der Waals surface area contributed by atoms with Gasteiger partial charge in [0.25, 0.3) is 0 Å². The lowest BCUT2D eigenvalue weighted by molar-refractivity contribution is -0.121. The lowest BCUT2D eigenvalue weighted by atomic mass is 9.68. The van der Waals surface area contributed by atoms with Crippen molar-refractivity contribution in [1.29, 1.82) is 0 Å². The van der Waals surface area contributed by atoms with Gasteiger partial charge in [-0.05, 0) is 38.1 Å². The molecular formula is C21H22N2O. The Morgan fingerprint density at radius 3 is 2.17 bits per heavy atom. The minimum Gasteiger partial charge on any atom is -0.350 e. The molecule has 1 unspecified atom stereocenters. The predicted molar refractivity (Wildman–Crippen MR) is 95.4 cm³/mol. The topological polar surface area (TPSA) is 42.0 Å². The number of pyridine rings is 1. The van der Waals surface area contributed by atoms with Crippen molar-refractivity contribution in [2.24, 2.45) is 5.41 Å². The van der Waals surface area contributed by atoms with Gasteiger partial charge in [-0.15, -0.1) is 0 Å². The van der Waals surface area contributed by atoms with Crippen LogP contribution in [0.3, 0.4) is 0 Å². The minimum atomic E-state index is -0.262. The van der Waals surface area contributed by atoms with E-state index in [9.17, 15) is 4.79 Å². The van der Waals surface area contributed by atoms with E-state index >= 15 is 0 Å². The summed E-state index contributed by atoms with van der Waals surface area (Å²) in [7, 11) is 0. The first-order valence-electron chi connectivity index (χ1n) is 8.16. The third-order valence-corrected chi connectivity index (χ3v) is 5.24. The van der Waals surface area contributed by atoms with Crippen molar-refractivity contribution in [1.82, 2.24) is 10.3 Å². The van der Waals surface area contributed by atoms with Crippen LogP contribution >= 0.6 is 0 Å². The number of carbonyl (C=O) groups is 1. The molecule has 1 fully saturated rings. The first-order chi connectivity index (χ1) is 11.3. The fourth-order valence-corrected chi connectivity index (χ4v) is 3.05. The number of hydrogen-bond acceptors (Lipinski definition) is 2. The van der Waals surface area contributed by atoms with Crippen molar-refractivity contribution >= 4 is 5.91 Å². The Labute approximate surface area is 143 Å². The Hall–Kier alpha value is -2.60.